The summed E-state index contributed by atoms with van der Waals surface area (Å²) in [5.74, 6) is -0.202. The minimum absolute atomic E-state index is 0.202. The molecular weight excluding hydrogens is 460 g/mol. The van der Waals surface area contributed by atoms with Crippen molar-refractivity contribution in [3.05, 3.63) is 82.7 Å². The Labute approximate surface area is 199 Å². The number of pyridine rings is 1. The van der Waals surface area contributed by atoms with Crippen molar-refractivity contribution in [2.75, 3.05) is 5.32 Å². The number of anilines is 1. The Morgan fingerprint density at radius 3 is 2.47 bits per heavy atom. The average molecular weight is 477 g/mol. The van der Waals surface area contributed by atoms with Gasteiger partial charge in [-0.1, -0.05) is 65.8 Å². The predicted octanol–water partition coefficient (Wildman–Crippen LogP) is 6.52. The van der Waals surface area contributed by atoms with Crippen molar-refractivity contribution >= 4 is 45.7 Å². The lowest BCUT2D eigenvalue weighted by atomic mass is 10.1. The van der Waals surface area contributed by atoms with Crippen molar-refractivity contribution in [1.29, 1.82) is 5.26 Å². The number of nitrogens with one attached hydrogen (secondary N) is 1. The van der Waals surface area contributed by atoms with Crippen molar-refractivity contribution in [3.63, 3.8) is 0 Å². The van der Waals surface area contributed by atoms with Crippen LogP contribution in [-0.4, -0.2) is 21.1 Å². The molecule has 0 aliphatic rings. The highest BCUT2D eigenvalue weighted by Crippen LogP contribution is 2.30. The monoisotopic (exact) mass is 476 g/mol. The van der Waals surface area contributed by atoms with Crippen LogP contribution < -0.4 is 5.32 Å². The molecule has 1 unspecified atom stereocenters. The fraction of sp³-hybridized carbons (Fsp3) is 0.0833. The van der Waals surface area contributed by atoms with E-state index in [0.717, 1.165) is 16.8 Å². The number of halogens is 1. The van der Waals surface area contributed by atoms with E-state index in [0.29, 0.717) is 26.4 Å². The summed E-state index contributed by atoms with van der Waals surface area (Å²) in [6.07, 6.45) is 0. The van der Waals surface area contributed by atoms with Crippen molar-refractivity contribution in [2.24, 2.45) is 0 Å². The smallest absolute Gasteiger partial charge is 0.239 e. The number of nitriles is 1. The number of carbonyl (C=O) groups excluding carboxylic acids is 1. The van der Waals surface area contributed by atoms with E-state index in [-0.39, 0.29) is 5.91 Å². The van der Waals surface area contributed by atoms with Gasteiger partial charge in [0.2, 0.25) is 5.91 Å². The summed E-state index contributed by atoms with van der Waals surface area (Å²) in [6, 6.07) is 22.8. The summed E-state index contributed by atoms with van der Waals surface area (Å²) in [5.41, 5.74) is 3.83. The van der Waals surface area contributed by atoms with Gasteiger partial charge in [0.1, 0.15) is 11.1 Å². The molecule has 158 valence electrons. The Hall–Kier alpha value is -3.18. The molecule has 1 amide bonds. The first-order valence-corrected chi connectivity index (χ1v) is 11.8. The lowest BCUT2D eigenvalue weighted by Crippen LogP contribution is -2.22. The molecule has 5 nitrogen and oxygen atoms in total. The van der Waals surface area contributed by atoms with Crippen LogP contribution in [-0.2, 0) is 4.79 Å². The molecule has 0 saturated heterocycles. The molecule has 0 fully saturated rings. The molecule has 8 heteroatoms. The molecule has 2 aromatic carbocycles. The van der Waals surface area contributed by atoms with Crippen LogP contribution in [0.3, 0.4) is 0 Å². The Balaban J connectivity index is 1.48. The highest BCUT2D eigenvalue weighted by atomic mass is 35.5. The second kappa shape index (κ2) is 9.96. The van der Waals surface area contributed by atoms with E-state index in [4.69, 9.17) is 11.6 Å². The van der Waals surface area contributed by atoms with E-state index in [1.54, 1.807) is 31.2 Å². The molecule has 0 spiro atoms. The molecule has 0 saturated carbocycles. The number of thioether (sulfide) groups is 1. The number of hydrogen-bond acceptors (Lipinski definition) is 6. The van der Waals surface area contributed by atoms with Gasteiger partial charge in [-0.05, 0) is 31.2 Å². The van der Waals surface area contributed by atoms with E-state index in [9.17, 15) is 10.1 Å². The highest BCUT2D eigenvalue weighted by Gasteiger charge is 2.19. The minimum Gasteiger partial charge on any atom is -0.301 e. The summed E-state index contributed by atoms with van der Waals surface area (Å²) >= 11 is 8.58. The van der Waals surface area contributed by atoms with E-state index < -0.39 is 5.25 Å². The van der Waals surface area contributed by atoms with Crippen LogP contribution in [0, 0.1) is 11.3 Å². The minimum atomic E-state index is -0.473. The highest BCUT2D eigenvalue weighted by molar-refractivity contribution is 8.00. The summed E-state index contributed by atoms with van der Waals surface area (Å²) in [7, 11) is 0. The van der Waals surface area contributed by atoms with Crippen molar-refractivity contribution in [1.82, 2.24) is 9.97 Å². The van der Waals surface area contributed by atoms with Gasteiger partial charge >= 0.3 is 0 Å². The maximum absolute atomic E-state index is 12.8. The van der Waals surface area contributed by atoms with Gasteiger partial charge in [-0.3, -0.25) is 4.79 Å². The van der Waals surface area contributed by atoms with Crippen LogP contribution in [0.5, 0.6) is 0 Å². The lowest BCUT2D eigenvalue weighted by molar-refractivity contribution is -0.115. The van der Waals surface area contributed by atoms with Gasteiger partial charge in [-0.15, -0.1) is 11.3 Å². The van der Waals surface area contributed by atoms with Crippen molar-refractivity contribution < 1.29 is 4.79 Å². The average Bonchev–Trinajstić information content (AvgIpc) is 3.28. The van der Waals surface area contributed by atoms with E-state index in [1.165, 1.54) is 23.1 Å². The third-order valence-corrected chi connectivity index (χ3v) is 6.69. The van der Waals surface area contributed by atoms with Gasteiger partial charge in [0.15, 0.2) is 5.13 Å². The summed E-state index contributed by atoms with van der Waals surface area (Å²) in [5, 5.41) is 15.5. The second-order valence-corrected chi connectivity index (χ2v) is 9.45. The quantitative estimate of drug-likeness (QED) is 0.320. The largest absolute Gasteiger partial charge is 0.301 e. The summed E-state index contributed by atoms with van der Waals surface area (Å²) in [6.45, 7) is 1.78. The van der Waals surface area contributed by atoms with Gasteiger partial charge in [-0.25, -0.2) is 9.97 Å². The van der Waals surface area contributed by atoms with Gasteiger partial charge in [0, 0.05) is 21.5 Å². The maximum atomic E-state index is 12.8. The number of hydrogen-bond donors (Lipinski definition) is 1. The van der Waals surface area contributed by atoms with Crippen molar-refractivity contribution in [2.45, 2.75) is 17.2 Å². The number of amides is 1. The fourth-order valence-corrected chi connectivity index (χ4v) is 4.64. The van der Waals surface area contributed by atoms with Gasteiger partial charge in [0.05, 0.1) is 22.2 Å². The molecule has 0 bridgehead atoms. The molecule has 4 aromatic rings. The van der Waals surface area contributed by atoms with Gasteiger partial charge < -0.3 is 5.32 Å². The van der Waals surface area contributed by atoms with Crippen LogP contribution in [0.2, 0.25) is 5.02 Å². The Bertz CT molecular complexity index is 1280. The first-order valence-electron chi connectivity index (χ1n) is 9.69. The normalized spacial score (nSPS) is 11.5. The van der Waals surface area contributed by atoms with Crippen LogP contribution in [0.4, 0.5) is 5.13 Å². The SMILES string of the molecule is CC(Sc1nc(-c2ccc(Cl)cc2)ccc1C#N)C(=O)Nc1nc(-c2ccccc2)cs1. The number of thiazole rings is 1. The number of carbonyl (C=O) groups is 1. The number of aromatic nitrogens is 2. The number of benzene rings is 2. The van der Waals surface area contributed by atoms with Crippen molar-refractivity contribution in [3.8, 4) is 28.6 Å². The second-order valence-electron chi connectivity index (χ2n) is 6.82. The molecule has 2 aromatic heterocycles. The molecule has 0 aliphatic heterocycles. The van der Waals surface area contributed by atoms with Crippen LogP contribution >= 0.6 is 34.7 Å². The van der Waals surface area contributed by atoms with Crippen LogP contribution in [0.1, 0.15) is 12.5 Å². The van der Waals surface area contributed by atoms with E-state index >= 15 is 0 Å². The maximum Gasteiger partial charge on any atom is 0.239 e. The fourth-order valence-electron chi connectivity index (χ4n) is 2.90. The van der Waals surface area contributed by atoms with Crippen LogP contribution in [0.15, 0.2) is 77.1 Å². The van der Waals surface area contributed by atoms with Gasteiger partial charge in [0.25, 0.3) is 0 Å². The zero-order valence-electron chi connectivity index (χ0n) is 16.9. The third-order valence-electron chi connectivity index (χ3n) is 4.58. The predicted molar refractivity (Wildman–Crippen MR) is 131 cm³/mol. The zero-order chi connectivity index (χ0) is 22.5. The zero-order valence-corrected chi connectivity index (χ0v) is 19.3. The van der Waals surface area contributed by atoms with E-state index in [2.05, 4.69) is 21.4 Å². The molecule has 4 rings (SSSR count). The molecule has 32 heavy (non-hydrogen) atoms. The van der Waals surface area contributed by atoms with Crippen LogP contribution in [0.25, 0.3) is 22.5 Å². The molecule has 0 radical (unpaired) electrons. The standard InChI is InChI=1S/C24H17ClN4OS2/c1-15(22(30)29-24-28-21(14-31-24)16-5-3-2-4-6-16)32-23-18(13-26)9-12-20(27-23)17-7-10-19(25)11-8-17/h2-12,14-15H,1H3,(H,28,29,30). The van der Waals surface area contributed by atoms with E-state index in [1.807, 2.05) is 47.8 Å². The summed E-state index contributed by atoms with van der Waals surface area (Å²) in [4.78, 5) is 21.9. The molecule has 2 heterocycles. The Morgan fingerprint density at radius 1 is 1.03 bits per heavy atom. The Morgan fingerprint density at radius 2 is 1.75 bits per heavy atom. The Kier molecular flexibility index (Phi) is 6.86. The summed E-state index contributed by atoms with van der Waals surface area (Å²) < 4.78 is 0. The third kappa shape index (κ3) is 5.17. The molecule has 1 atom stereocenters. The topological polar surface area (TPSA) is 78.7 Å². The first kappa shape index (κ1) is 22.0. The molecule has 1 N–H and O–H groups in total. The first-order chi connectivity index (χ1) is 15.5. The molecular formula is C24H17ClN4OS2. The van der Waals surface area contributed by atoms with Gasteiger partial charge in [-0.2, -0.15) is 5.26 Å². The number of nitrogens with zero attached hydrogens (tertiary/aromatic N) is 3. The molecule has 0 aliphatic carbocycles. The number of rotatable bonds is 6. The lowest BCUT2D eigenvalue weighted by Gasteiger charge is -2.12.